The van der Waals surface area contributed by atoms with Crippen molar-refractivity contribution in [1.29, 1.82) is 0 Å². The summed E-state index contributed by atoms with van der Waals surface area (Å²) in [5.41, 5.74) is 14.0. The molecule has 2 heterocycles. The standard InChI is InChI=1S/C45H46N4O5S2/c46-37-14-4-5-15-38(37)48-43(52)19-3-1-2-18-42(51)47-27-31-10-8-11-33(24-31)34-12-9-13-35(25-34)44-53-36(26-40(54-44)32-22-20-30(28-50)21-23-32)29-55-45-49-39-16-6-7-17-41(39)56-45/h4-17,20-25,36,40,44,50H,1-3,18-19,26-29,46H2,(H,47,51)(H,48,52). The van der Waals surface area contributed by atoms with E-state index in [0.29, 0.717) is 50.0 Å². The highest BCUT2D eigenvalue weighted by atomic mass is 32.2. The van der Waals surface area contributed by atoms with E-state index in [1.54, 1.807) is 35.2 Å². The van der Waals surface area contributed by atoms with Gasteiger partial charge in [-0.05, 0) is 77.1 Å². The third-order valence-electron chi connectivity index (χ3n) is 9.73. The molecule has 5 N–H and O–H groups in total. The predicted molar refractivity (Wildman–Crippen MR) is 225 cm³/mol. The van der Waals surface area contributed by atoms with Gasteiger partial charge in [0.2, 0.25) is 11.8 Å². The number of aliphatic hydroxyl groups is 1. The molecule has 0 saturated carbocycles. The van der Waals surface area contributed by atoms with Crippen LogP contribution in [0.15, 0.2) is 126 Å². The second-order valence-corrected chi connectivity index (χ2v) is 16.2. The Kier molecular flexibility index (Phi) is 13.4. The summed E-state index contributed by atoms with van der Waals surface area (Å²) >= 11 is 3.41. The Balaban J connectivity index is 0.943. The first kappa shape index (κ1) is 39.2. The number of hydrogen-bond acceptors (Lipinski definition) is 9. The van der Waals surface area contributed by atoms with Crippen molar-refractivity contribution in [2.45, 2.75) is 74.5 Å². The van der Waals surface area contributed by atoms with Crippen LogP contribution in [0, 0.1) is 0 Å². The van der Waals surface area contributed by atoms with Crippen molar-refractivity contribution in [1.82, 2.24) is 10.3 Å². The molecule has 11 heteroatoms. The van der Waals surface area contributed by atoms with Crippen molar-refractivity contribution in [3.63, 3.8) is 0 Å². The quantitative estimate of drug-likeness (QED) is 0.0433. The molecule has 1 fully saturated rings. The number of nitrogens with two attached hydrogens (primary N) is 1. The number of nitrogens with one attached hydrogen (secondary N) is 2. The number of aliphatic hydroxyl groups excluding tert-OH is 1. The fourth-order valence-electron chi connectivity index (χ4n) is 6.69. The van der Waals surface area contributed by atoms with Crippen molar-refractivity contribution in [2.24, 2.45) is 0 Å². The van der Waals surface area contributed by atoms with E-state index in [0.717, 1.165) is 55.4 Å². The van der Waals surface area contributed by atoms with E-state index in [4.69, 9.17) is 20.2 Å². The summed E-state index contributed by atoms with van der Waals surface area (Å²) in [6.45, 7) is 0.418. The number of amides is 2. The van der Waals surface area contributed by atoms with Gasteiger partial charge in [0.25, 0.3) is 0 Å². The van der Waals surface area contributed by atoms with Gasteiger partial charge in [-0.1, -0.05) is 103 Å². The van der Waals surface area contributed by atoms with Crippen LogP contribution in [0.2, 0.25) is 0 Å². The van der Waals surface area contributed by atoms with E-state index in [1.807, 2.05) is 78.9 Å². The van der Waals surface area contributed by atoms with Gasteiger partial charge in [0, 0.05) is 37.1 Å². The van der Waals surface area contributed by atoms with E-state index in [2.05, 4.69) is 41.0 Å². The van der Waals surface area contributed by atoms with Crippen LogP contribution in [0.25, 0.3) is 21.3 Å². The maximum absolute atomic E-state index is 12.7. The van der Waals surface area contributed by atoms with Crippen LogP contribution in [0.5, 0.6) is 0 Å². The van der Waals surface area contributed by atoms with Gasteiger partial charge in [0.05, 0.1) is 40.4 Å². The summed E-state index contributed by atoms with van der Waals surface area (Å²) in [6, 6.07) is 39.8. The molecule has 7 rings (SSSR count). The number of benzene rings is 5. The number of fused-ring (bicyclic) bond motifs is 1. The summed E-state index contributed by atoms with van der Waals surface area (Å²) in [5.74, 6) is 0.646. The second kappa shape index (κ2) is 19.2. The fraction of sp³-hybridized carbons (Fsp3) is 0.267. The third kappa shape index (κ3) is 10.6. The first-order valence-corrected chi connectivity index (χ1v) is 20.8. The number of rotatable bonds is 16. The summed E-state index contributed by atoms with van der Waals surface area (Å²) in [7, 11) is 0. The molecule has 0 spiro atoms. The first-order valence-electron chi connectivity index (χ1n) is 19.0. The summed E-state index contributed by atoms with van der Waals surface area (Å²) in [4.78, 5) is 29.8. The van der Waals surface area contributed by atoms with Crippen LogP contribution >= 0.6 is 23.1 Å². The highest BCUT2D eigenvalue weighted by molar-refractivity contribution is 8.01. The minimum absolute atomic E-state index is 0.00506. The lowest BCUT2D eigenvalue weighted by atomic mass is 9.99. The molecule has 9 nitrogen and oxygen atoms in total. The van der Waals surface area contributed by atoms with Gasteiger partial charge < -0.3 is 30.9 Å². The summed E-state index contributed by atoms with van der Waals surface area (Å²) in [5, 5.41) is 15.5. The third-order valence-corrected chi connectivity index (χ3v) is 12.0. The van der Waals surface area contributed by atoms with E-state index in [9.17, 15) is 14.7 Å². The second-order valence-electron chi connectivity index (χ2n) is 13.9. The molecule has 3 atom stereocenters. The number of aromatic nitrogens is 1. The maximum atomic E-state index is 12.7. The molecule has 56 heavy (non-hydrogen) atoms. The molecule has 6 aromatic rings. The number of nitrogen functional groups attached to an aromatic ring is 1. The van der Waals surface area contributed by atoms with Gasteiger partial charge in [0.1, 0.15) is 0 Å². The van der Waals surface area contributed by atoms with Gasteiger partial charge in [-0.2, -0.15) is 0 Å². The van der Waals surface area contributed by atoms with Gasteiger partial charge in [-0.25, -0.2) is 4.98 Å². The number of para-hydroxylation sites is 3. The van der Waals surface area contributed by atoms with Crippen LogP contribution < -0.4 is 16.4 Å². The van der Waals surface area contributed by atoms with Gasteiger partial charge in [-0.15, -0.1) is 11.3 Å². The molecular weight excluding hydrogens is 741 g/mol. The van der Waals surface area contributed by atoms with Gasteiger partial charge in [0.15, 0.2) is 10.6 Å². The van der Waals surface area contributed by atoms with Crippen LogP contribution in [0.1, 0.15) is 73.2 Å². The van der Waals surface area contributed by atoms with Crippen LogP contribution in [-0.2, 0) is 32.2 Å². The lowest BCUT2D eigenvalue weighted by Gasteiger charge is -2.36. The Morgan fingerprint density at radius 1 is 0.786 bits per heavy atom. The zero-order valence-corrected chi connectivity index (χ0v) is 32.7. The molecule has 1 aliphatic heterocycles. The van der Waals surface area contributed by atoms with Crippen molar-refractivity contribution in [2.75, 3.05) is 16.8 Å². The number of hydrogen-bond donors (Lipinski definition) is 4. The minimum Gasteiger partial charge on any atom is -0.397 e. The molecule has 0 aliphatic carbocycles. The first-order chi connectivity index (χ1) is 27.4. The molecule has 0 radical (unpaired) electrons. The number of unbranched alkanes of at least 4 members (excludes halogenated alkanes) is 2. The van der Waals surface area contributed by atoms with E-state index < -0.39 is 6.29 Å². The molecule has 1 saturated heterocycles. The number of carbonyl (C=O) groups excluding carboxylic acids is 2. The predicted octanol–water partition coefficient (Wildman–Crippen LogP) is 9.58. The molecule has 3 unspecified atom stereocenters. The molecule has 1 aliphatic rings. The Morgan fingerprint density at radius 3 is 2.34 bits per heavy atom. The lowest BCUT2D eigenvalue weighted by molar-refractivity contribution is -0.245. The summed E-state index contributed by atoms with van der Waals surface area (Å²) in [6.07, 6.45) is 2.84. The largest absolute Gasteiger partial charge is 0.397 e. The number of nitrogens with zero attached hydrogens (tertiary/aromatic N) is 1. The molecule has 5 aromatic carbocycles. The highest BCUT2D eigenvalue weighted by Crippen LogP contribution is 2.41. The van der Waals surface area contributed by atoms with Gasteiger partial charge in [-0.3, -0.25) is 9.59 Å². The number of carbonyl (C=O) groups is 2. The number of anilines is 2. The van der Waals surface area contributed by atoms with Crippen molar-refractivity contribution in [3.05, 3.63) is 144 Å². The SMILES string of the molecule is Nc1ccccc1NC(=O)CCCCCC(=O)NCc1cccc(-c2cccc(C3OC(CSc4nc5ccccc5s4)CC(c4ccc(CO)cc4)O3)c2)c1. The van der Waals surface area contributed by atoms with Crippen LogP contribution in [0.3, 0.4) is 0 Å². The number of thioether (sulfide) groups is 1. The topological polar surface area (TPSA) is 136 Å². The van der Waals surface area contributed by atoms with Crippen LogP contribution in [-0.4, -0.2) is 33.8 Å². The van der Waals surface area contributed by atoms with Crippen molar-refractivity contribution >= 4 is 56.5 Å². The molecule has 0 bridgehead atoms. The molecule has 1 aromatic heterocycles. The average Bonchev–Trinajstić information content (AvgIpc) is 3.66. The monoisotopic (exact) mass is 786 g/mol. The Bertz CT molecular complexity index is 2210. The molecule has 2 amide bonds. The van der Waals surface area contributed by atoms with Crippen molar-refractivity contribution in [3.8, 4) is 11.1 Å². The van der Waals surface area contributed by atoms with Gasteiger partial charge >= 0.3 is 0 Å². The normalized spacial score (nSPS) is 16.8. The van der Waals surface area contributed by atoms with E-state index >= 15 is 0 Å². The minimum atomic E-state index is -0.577. The number of ether oxygens (including phenoxy) is 2. The summed E-state index contributed by atoms with van der Waals surface area (Å²) < 4.78 is 15.5. The molecular formula is C45H46N4O5S2. The smallest absolute Gasteiger partial charge is 0.224 e. The lowest BCUT2D eigenvalue weighted by Crippen LogP contribution is -2.31. The zero-order chi connectivity index (χ0) is 38.7. The fourth-order valence-corrected chi connectivity index (χ4v) is 8.80. The highest BCUT2D eigenvalue weighted by Gasteiger charge is 2.32. The van der Waals surface area contributed by atoms with Crippen LogP contribution in [0.4, 0.5) is 11.4 Å². The van der Waals surface area contributed by atoms with E-state index in [1.165, 1.54) is 4.70 Å². The Hall–Kier alpha value is -5.04. The molecule has 288 valence electrons. The van der Waals surface area contributed by atoms with Crippen molar-refractivity contribution < 1.29 is 24.2 Å². The maximum Gasteiger partial charge on any atom is 0.224 e. The van der Waals surface area contributed by atoms with E-state index in [-0.39, 0.29) is 30.6 Å². The average molecular weight is 787 g/mol. The Labute approximate surface area is 335 Å². The number of thiazole rings is 1. The zero-order valence-electron chi connectivity index (χ0n) is 31.1. The Morgan fingerprint density at radius 2 is 1.54 bits per heavy atom.